The Morgan fingerprint density at radius 1 is 1.09 bits per heavy atom. The molecule has 14 heteroatoms. The van der Waals surface area contributed by atoms with Crippen LogP contribution in [0.4, 0.5) is 25.0 Å². The fourth-order valence-electron chi connectivity index (χ4n) is 6.30. The zero-order valence-electron chi connectivity index (χ0n) is 24.3. The number of carbonyl (C=O) groups is 4. The smallest absolute Gasteiger partial charge is 0.414 e. The summed E-state index contributed by atoms with van der Waals surface area (Å²) >= 11 is 0. The standard InChI is InChI=1S/C30H33F2N7O5/c1-19(40)4-5-21-17-39(29(43)44-21)20-14-22(31)26(23(32)15-20)36-10-12-37(13-11-36)28(42)30(6-2-3-7-30)35-27(41)24-18-38-9-8-33-16-25(38)34-24/h8-9,14-16,18,21H,2-7,10-13,17H2,1H3,(H,35,41)/t21-/m0/s1. The van der Waals surface area contributed by atoms with Crippen LogP contribution in [0.5, 0.6) is 0 Å². The number of ether oxygens (including phenoxy) is 1. The molecule has 0 unspecified atom stereocenters. The first-order valence-electron chi connectivity index (χ1n) is 14.8. The van der Waals surface area contributed by atoms with Gasteiger partial charge in [0.25, 0.3) is 5.91 Å². The SMILES string of the molecule is CC(=O)CC[C@H]1CN(c2cc(F)c(N3CCN(C(=O)C4(NC(=O)c5cn6ccncc6n5)CCCC4)CC3)c(F)c2)C(=O)O1. The lowest BCUT2D eigenvalue weighted by molar-refractivity contribution is -0.138. The highest BCUT2D eigenvalue weighted by molar-refractivity contribution is 5.98. The molecule has 3 fully saturated rings. The van der Waals surface area contributed by atoms with E-state index in [0.717, 1.165) is 29.9 Å². The van der Waals surface area contributed by atoms with Crippen molar-refractivity contribution < 1.29 is 32.7 Å². The molecule has 232 valence electrons. The van der Waals surface area contributed by atoms with Crippen molar-refractivity contribution in [3.05, 3.63) is 54.2 Å². The second-order valence-electron chi connectivity index (χ2n) is 11.6. The highest BCUT2D eigenvalue weighted by Gasteiger charge is 2.46. The van der Waals surface area contributed by atoms with E-state index in [1.807, 2.05) is 0 Å². The third kappa shape index (κ3) is 5.67. The molecule has 1 aromatic carbocycles. The van der Waals surface area contributed by atoms with E-state index < -0.39 is 35.3 Å². The van der Waals surface area contributed by atoms with Gasteiger partial charge < -0.3 is 29.0 Å². The van der Waals surface area contributed by atoms with Gasteiger partial charge in [0.2, 0.25) is 5.91 Å². The van der Waals surface area contributed by atoms with Crippen LogP contribution < -0.4 is 15.1 Å². The predicted molar refractivity (Wildman–Crippen MR) is 154 cm³/mol. The van der Waals surface area contributed by atoms with Gasteiger partial charge in [0.05, 0.1) is 18.4 Å². The molecule has 1 saturated carbocycles. The third-order valence-corrected chi connectivity index (χ3v) is 8.61. The molecule has 12 nitrogen and oxygen atoms in total. The fraction of sp³-hybridized carbons (Fsp3) is 0.467. The second-order valence-corrected chi connectivity index (χ2v) is 11.6. The quantitative estimate of drug-likeness (QED) is 0.413. The minimum atomic E-state index is -1.07. The van der Waals surface area contributed by atoms with Crippen molar-refractivity contribution in [2.45, 2.75) is 57.1 Å². The Labute approximate surface area is 252 Å². The van der Waals surface area contributed by atoms with Gasteiger partial charge in [0.1, 0.15) is 28.8 Å². The first kappa shape index (κ1) is 29.5. The van der Waals surface area contributed by atoms with Gasteiger partial charge >= 0.3 is 6.09 Å². The van der Waals surface area contributed by atoms with Gasteiger partial charge in [0, 0.05) is 63.3 Å². The number of fused-ring (bicyclic) bond motifs is 1. The minimum Gasteiger partial charge on any atom is -0.444 e. The van der Waals surface area contributed by atoms with Crippen LogP contribution in [0, 0.1) is 11.6 Å². The average Bonchev–Trinajstić information content (AvgIpc) is 3.74. The van der Waals surface area contributed by atoms with Crippen molar-refractivity contribution in [3.8, 4) is 0 Å². The van der Waals surface area contributed by atoms with E-state index >= 15 is 8.78 Å². The maximum atomic E-state index is 15.3. The van der Waals surface area contributed by atoms with Crippen LogP contribution in [0.1, 0.15) is 55.9 Å². The monoisotopic (exact) mass is 609 g/mol. The summed E-state index contributed by atoms with van der Waals surface area (Å²) in [5.41, 5.74) is -0.564. The van der Waals surface area contributed by atoms with E-state index in [2.05, 4.69) is 15.3 Å². The number of hydrogen-bond acceptors (Lipinski definition) is 8. The summed E-state index contributed by atoms with van der Waals surface area (Å²) in [6.07, 6.45) is 8.28. The molecule has 2 aromatic heterocycles. The van der Waals surface area contributed by atoms with Crippen LogP contribution in [0.25, 0.3) is 5.65 Å². The Morgan fingerprint density at radius 3 is 2.45 bits per heavy atom. The molecule has 0 spiro atoms. The molecule has 3 amide bonds. The second kappa shape index (κ2) is 11.8. The lowest BCUT2D eigenvalue weighted by atomic mass is 9.94. The molecule has 3 aromatic rings. The van der Waals surface area contributed by atoms with Crippen LogP contribution in [0.3, 0.4) is 0 Å². The Bertz CT molecular complexity index is 1560. The number of imidazole rings is 1. The number of benzene rings is 1. The fourth-order valence-corrected chi connectivity index (χ4v) is 6.30. The highest BCUT2D eigenvalue weighted by atomic mass is 19.1. The lowest BCUT2D eigenvalue weighted by Crippen LogP contribution is -2.61. The van der Waals surface area contributed by atoms with Crippen molar-refractivity contribution in [2.75, 3.05) is 42.5 Å². The number of halogens is 2. The molecule has 2 aliphatic heterocycles. The molecule has 2 saturated heterocycles. The summed E-state index contributed by atoms with van der Waals surface area (Å²) in [7, 11) is 0. The normalized spacial score (nSPS) is 19.8. The van der Waals surface area contributed by atoms with Gasteiger partial charge in [0.15, 0.2) is 17.3 Å². The number of rotatable bonds is 8. The highest BCUT2D eigenvalue weighted by Crippen LogP contribution is 2.35. The Morgan fingerprint density at radius 2 is 1.80 bits per heavy atom. The molecular weight excluding hydrogens is 576 g/mol. The number of nitrogens with zero attached hydrogens (tertiary/aromatic N) is 6. The molecule has 1 aliphatic carbocycles. The largest absolute Gasteiger partial charge is 0.444 e. The molecule has 0 radical (unpaired) electrons. The van der Waals surface area contributed by atoms with Gasteiger partial charge in [-0.3, -0.25) is 19.5 Å². The van der Waals surface area contributed by atoms with Crippen molar-refractivity contribution in [1.29, 1.82) is 0 Å². The summed E-state index contributed by atoms with van der Waals surface area (Å²) in [6.45, 7) is 2.34. The number of hydrogen-bond donors (Lipinski definition) is 1. The van der Waals surface area contributed by atoms with Crippen molar-refractivity contribution in [2.24, 2.45) is 0 Å². The predicted octanol–water partition coefficient (Wildman–Crippen LogP) is 3.09. The summed E-state index contributed by atoms with van der Waals surface area (Å²) in [5.74, 6) is -2.36. The van der Waals surface area contributed by atoms with E-state index in [0.29, 0.717) is 24.9 Å². The number of nitrogens with one attached hydrogen (secondary N) is 1. The van der Waals surface area contributed by atoms with Crippen molar-refractivity contribution in [3.63, 3.8) is 0 Å². The number of ketones is 1. The molecular formula is C30H33F2N7O5. The van der Waals surface area contributed by atoms with Crippen molar-refractivity contribution in [1.82, 2.24) is 24.6 Å². The summed E-state index contributed by atoms with van der Waals surface area (Å²) in [5, 5.41) is 2.96. The zero-order chi connectivity index (χ0) is 31.0. The van der Waals surface area contributed by atoms with E-state index in [-0.39, 0.29) is 67.9 Å². The van der Waals surface area contributed by atoms with E-state index in [9.17, 15) is 19.2 Å². The number of piperazine rings is 1. The Hall–Kier alpha value is -4.62. The van der Waals surface area contributed by atoms with Gasteiger partial charge in [-0.15, -0.1) is 0 Å². The van der Waals surface area contributed by atoms with E-state index in [4.69, 9.17) is 4.74 Å². The number of Topliss-reactive ketones (excluding diaryl/α,β-unsaturated/α-hetero) is 1. The minimum absolute atomic E-state index is 0.0351. The molecule has 3 aliphatic rings. The van der Waals surface area contributed by atoms with Crippen LogP contribution in [0.15, 0.2) is 36.9 Å². The molecule has 1 atom stereocenters. The van der Waals surface area contributed by atoms with Crippen LogP contribution in [-0.2, 0) is 14.3 Å². The van der Waals surface area contributed by atoms with E-state index in [1.165, 1.54) is 6.92 Å². The molecule has 6 rings (SSSR count). The Kier molecular flexibility index (Phi) is 7.91. The van der Waals surface area contributed by atoms with Gasteiger partial charge in [-0.05, 0) is 26.2 Å². The summed E-state index contributed by atoms with van der Waals surface area (Å²) in [4.78, 5) is 63.3. The maximum Gasteiger partial charge on any atom is 0.414 e. The number of amides is 3. The van der Waals surface area contributed by atoms with Gasteiger partial charge in [-0.1, -0.05) is 12.8 Å². The zero-order valence-corrected chi connectivity index (χ0v) is 24.3. The number of anilines is 2. The molecule has 0 bridgehead atoms. The number of carbonyl (C=O) groups excluding carboxylic acids is 4. The average molecular weight is 610 g/mol. The molecule has 4 heterocycles. The topological polar surface area (TPSA) is 129 Å². The van der Waals surface area contributed by atoms with Gasteiger partial charge in [-0.25, -0.2) is 18.6 Å². The van der Waals surface area contributed by atoms with Crippen LogP contribution in [-0.4, -0.2) is 87.3 Å². The Balaban J connectivity index is 1.11. The lowest BCUT2D eigenvalue weighted by Gasteiger charge is -2.40. The van der Waals surface area contributed by atoms with Crippen LogP contribution in [0.2, 0.25) is 0 Å². The maximum absolute atomic E-state index is 15.3. The van der Waals surface area contributed by atoms with Crippen LogP contribution >= 0.6 is 0 Å². The van der Waals surface area contributed by atoms with Crippen molar-refractivity contribution >= 4 is 40.7 Å². The summed E-state index contributed by atoms with van der Waals surface area (Å²) in [6, 6.07) is 2.20. The first-order valence-corrected chi connectivity index (χ1v) is 14.8. The first-order chi connectivity index (χ1) is 21.1. The van der Waals surface area contributed by atoms with Gasteiger partial charge in [-0.2, -0.15) is 0 Å². The summed E-state index contributed by atoms with van der Waals surface area (Å²) < 4.78 is 37.6. The molecule has 44 heavy (non-hydrogen) atoms. The number of aromatic nitrogens is 3. The molecule has 1 N–H and O–H groups in total. The number of cyclic esters (lactones) is 1. The third-order valence-electron chi connectivity index (χ3n) is 8.61. The van der Waals surface area contributed by atoms with E-state index in [1.54, 1.807) is 39.0 Å².